The van der Waals surface area contributed by atoms with Crippen molar-refractivity contribution in [2.75, 3.05) is 25.4 Å². The smallest absolute Gasteiger partial charge is 0.225 e. The number of halogens is 2. The zero-order valence-corrected chi connectivity index (χ0v) is 20.4. The normalized spacial score (nSPS) is 16.6. The zero-order chi connectivity index (χ0) is 25.0. The molecule has 0 aliphatic carbocycles. The van der Waals surface area contributed by atoms with Crippen molar-refractivity contribution in [1.29, 1.82) is 0 Å². The second-order valence-corrected chi connectivity index (χ2v) is 11.0. The number of hydrogen-bond acceptors (Lipinski definition) is 4. The van der Waals surface area contributed by atoms with Gasteiger partial charge in [-0.3, -0.25) is 9.59 Å². The monoisotopic (exact) mass is 492 g/mol. The van der Waals surface area contributed by atoms with E-state index in [1.165, 1.54) is 37.3 Å². The second kappa shape index (κ2) is 10.7. The number of likely N-dealkylation sites (tertiary alicyclic amines) is 1. The van der Waals surface area contributed by atoms with Crippen LogP contribution in [-0.4, -0.2) is 50.4 Å². The van der Waals surface area contributed by atoms with Crippen molar-refractivity contribution >= 4 is 21.7 Å². The molecule has 0 spiro atoms. The van der Waals surface area contributed by atoms with Gasteiger partial charge >= 0.3 is 0 Å². The van der Waals surface area contributed by atoms with E-state index in [0.29, 0.717) is 30.6 Å². The van der Waals surface area contributed by atoms with E-state index >= 15 is 0 Å². The molecule has 0 bridgehead atoms. The van der Waals surface area contributed by atoms with Crippen molar-refractivity contribution in [1.82, 2.24) is 9.62 Å². The van der Waals surface area contributed by atoms with Crippen LogP contribution in [0.1, 0.15) is 42.6 Å². The van der Waals surface area contributed by atoms with Gasteiger partial charge in [0.05, 0.1) is 17.9 Å². The summed E-state index contributed by atoms with van der Waals surface area (Å²) in [6.07, 6.45) is 1.38. The lowest BCUT2D eigenvalue weighted by Crippen LogP contribution is -2.45. The van der Waals surface area contributed by atoms with Gasteiger partial charge in [-0.05, 0) is 66.6 Å². The van der Waals surface area contributed by atoms with Gasteiger partial charge in [-0.1, -0.05) is 26.0 Å². The number of carbonyl (C=O) groups is 2. The Bertz CT molecular complexity index is 1180. The van der Waals surface area contributed by atoms with E-state index in [-0.39, 0.29) is 34.6 Å². The number of Topliss-reactive ketones (excluding diaryl/α,β-unsaturated/α-hetero) is 1. The van der Waals surface area contributed by atoms with Gasteiger partial charge in [-0.2, -0.15) is 0 Å². The predicted octanol–water partition coefficient (Wildman–Crippen LogP) is 3.94. The fourth-order valence-electron chi connectivity index (χ4n) is 4.21. The maximum Gasteiger partial charge on any atom is 0.225 e. The number of piperidine rings is 1. The van der Waals surface area contributed by atoms with Crippen LogP contribution < -0.4 is 4.72 Å². The van der Waals surface area contributed by atoms with Crippen LogP contribution in [0.5, 0.6) is 0 Å². The van der Waals surface area contributed by atoms with Gasteiger partial charge in [0.1, 0.15) is 11.6 Å². The lowest BCUT2D eigenvalue weighted by Gasteiger charge is -2.33. The number of nitrogens with zero attached hydrogens (tertiary/aromatic N) is 1. The molecule has 0 radical (unpaired) electrons. The van der Waals surface area contributed by atoms with Gasteiger partial charge in [-0.25, -0.2) is 21.9 Å². The SMILES string of the molecule is Cc1cc(-c2cccc(F)c2)cc(C(=O)CNS(=O)(=O)CC2CCCN(C(=O)C(C)C)C2)c1F. The van der Waals surface area contributed by atoms with Gasteiger partial charge in [0.15, 0.2) is 5.78 Å². The summed E-state index contributed by atoms with van der Waals surface area (Å²) < 4.78 is 55.8. The minimum absolute atomic E-state index is 0.00532. The Balaban J connectivity index is 1.68. The highest BCUT2D eigenvalue weighted by atomic mass is 32.2. The summed E-state index contributed by atoms with van der Waals surface area (Å²) in [5.74, 6) is -2.53. The minimum atomic E-state index is -3.83. The first-order valence-corrected chi connectivity index (χ1v) is 13.0. The molecule has 2 aromatic rings. The van der Waals surface area contributed by atoms with Gasteiger partial charge in [0, 0.05) is 19.0 Å². The van der Waals surface area contributed by atoms with Crippen LogP contribution in [0.25, 0.3) is 11.1 Å². The highest BCUT2D eigenvalue weighted by molar-refractivity contribution is 7.89. The number of amides is 1. The van der Waals surface area contributed by atoms with Crippen LogP contribution in [0, 0.1) is 30.4 Å². The van der Waals surface area contributed by atoms with Gasteiger partial charge in [0.25, 0.3) is 0 Å². The van der Waals surface area contributed by atoms with Crippen LogP contribution in [-0.2, 0) is 14.8 Å². The molecule has 0 aromatic heterocycles. The van der Waals surface area contributed by atoms with Gasteiger partial charge < -0.3 is 4.90 Å². The van der Waals surface area contributed by atoms with Crippen molar-refractivity contribution < 1.29 is 26.8 Å². The van der Waals surface area contributed by atoms with Crippen LogP contribution in [0.4, 0.5) is 8.78 Å². The Morgan fingerprint density at radius 3 is 2.56 bits per heavy atom. The summed E-state index contributed by atoms with van der Waals surface area (Å²) in [6.45, 7) is 5.48. The molecule has 1 N–H and O–H groups in total. The maximum absolute atomic E-state index is 14.7. The molecule has 9 heteroatoms. The third-order valence-electron chi connectivity index (χ3n) is 5.95. The third-order valence-corrected chi connectivity index (χ3v) is 7.44. The topological polar surface area (TPSA) is 83.6 Å². The molecule has 34 heavy (non-hydrogen) atoms. The number of carbonyl (C=O) groups excluding carboxylic acids is 2. The first kappa shape index (κ1) is 26.0. The molecule has 184 valence electrons. The first-order chi connectivity index (χ1) is 16.0. The molecule has 6 nitrogen and oxygen atoms in total. The maximum atomic E-state index is 14.7. The van der Waals surface area contributed by atoms with E-state index in [0.717, 1.165) is 6.42 Å². The summed E-state index contributed by atoms with van der Waals surface area (Å²) >= 11 is 0. The average molecular weight is 493 g/mol. The summed E-state index contributed by atoms with van der Waals surface area (Å²) in [5, 5.41) is 0. The number of sulfonamides is 1. The highest BCUT2D eigenvalue weighted by Gasteiger charge is 2.29. The Hall–Kier alpha value is -2.65. The fourth-order valence-corrected chi connectivity index (χ4v) is 5.58. The summed E-state index contributed by atoms with van der Waals surface area (Å²) in [4.78, 5) is 26.7. The Labute approximate surface area is 199 Å². The minimum Gasteiger partial charge on any atom is -0.342 e. The highest BCUT2D eigenvalue weighted by Crippen LogP contribution is 2.26. The van der Waals surface area contributed by atoms with Gasteiger partial charge in [0.2, 0.25) is 15.9 Å². The Kier molecular flexibility index (Phi) is 8.20. The molecule has 1 unspecified atom stereocenters. The predicted molar refractivity (Wildman–Crippen MR) is 127 cm³/mol. The standard InChI is InChI=1S/C25H30F2N2O4S/c1-16(2)25(31)29-9-5-6-18(14-29)15-34(32,33)28-13-23(30)22-12-20(10-17(3)24(22)27)19-7-4-8-21(26)11-19/h4,7-8,10-12,16,18,28H,5-6,9,13-15H2,1-3H3. The van der Waals surface area contributed by atoms with E-state index in [9.17, 15) is 26.8 Å². The molecule has 1 aliphatic rings. The number of rotatable bonds is 8. The number of aryl methyl sites for hydroxylation is 1. The van der Waals surface area contributed by atoms with Crippen LogP contribution in [0.2, 0.25) is 0 Å². The molecular formula is C25H30F2N2O4S. The molecule has 1 amide bonds. The van der Waals surface area contributed by atoms with Crippen molar-refractivity contribution in [2.24, 2.45) is 11.8 Å². The van der Waals surface area contributed by atoms with E-state index in [1.807, 2.05) is 0 Å². The van der Waals surface area contributed by atoms with E-state index in [4.69, 9.17) is 0 Å². The second-order valence-electron chi connectivity index (χ2n) is 9.14. The summed E-state index contributed by atoms with van der Waals surface area (Å²) in [6, 6.07) is 8.54. The lowest BCUT2D eigenvalue weighted by molar-refractivity contribution is -0.136. The molecule has 0 saturated carbocycles. The quantitative estimate of drug-likeness (QED) is 0.566. The van der Waals surface area contributed by atoms with Crippen molar-refractivity contribution in [3.8, 4) is 11.1 Å². The Morgan fingerprint density at radius 1 is 1.15 bits per heavy atom. The molecular weight excluding hydrogens is 462 g/mol. The first-order valence-electron chi connectivity index (χ1n) is 11.3. The zero-order valence-electron chi connectivity index (χ0n) is 19.6. The molecule has 1 atom stereocenters. The van der Waals surface area contributed by atoms with Crippen LogP contribution in [0.15, 0.2) is 36.4 Å². The number of hydrogen-bond donors (Lipinski definition) is 1. The van der Waals surface area contributed by atoms with Gasteiger partial charge in [-0.15, -0.1) is 0 Å². The van der Waals surface area contributed by atoms with Crippen molar-refractivity contribution in [2.45, 2.75) is 33.6 Å². The third kappa shape index (κ3) is 6.48. The number of nitrogens with one attached hydrogen (secondary N) is 1. The average Bonchev–Trinajstić information content (AvgIpc) is 2.78. The molecule has 1 heterocycles. The number of ketones is 1. The molecule has 1 saturated heterocycles. The lowest BCUT2D eigenvalue weighted by atomic mass is 9.97. The molecule has 1 aliphatic heterocycles. The largest absolute Gasteiger partial charge is 0.342 e. The van der Waals surface area contributed by atoms with Crippen LogP contribution in [0.3, 0.4) is 0 Å². The van der Waals surface area contributed by atoms with E-state index < -0.39 is 34.0 Å². The van der Waals surface area contributed by atoms with Crippen molar-refractivity contribution in [3.63, 3.8) is 0 Å². The molecule has 3 rings (SSSR count). The Morgan fingerprint density at radius 2 is 1.88 bits per heavy atom. The van der Waals surface area contributed by atoms with Crippen molar-refractivity contribution in [3.05, 3.63) is 59.2 Å². The summed E-state index contributed by atoms with van der Waals surface area (Å²) in [5.41, 5.74) is 0.885. The number of benzene rings is 2. The van der Waals surface area contributed by atoms with E-state index in [2.05, 4.69) is 4.72 Å². The van der Waals surface area contributed by atoms with E-state index in [1.54, 1.807) is 24.8 Å². The molecule has 2 aromatic carbocycles. The molecule has 1 fully saturated rings. The van der Waals surface area contributed by atoms with Crippen LogP contribution >= 0.6 is 0 Å². The fraction of sp³-hybridized carbons (Fsp3) is 0.440. The summed E-state index contributed by atoms with van der Waals surface area (Å²) in [7, 11) is -3.83.